The number of rotatable bonds is 7. The molecule has 5 nitrogen and oxygen atoms in total. The Kier molecular flexibility index (Phi) is 7.11. The molecule has 0 unspecified atom stereocenters. The summed E-state index contributed by atoms with van der Waals surface area (Å²) in [6, 6.07) is 19.4. The Bertz CT molecular complexity index is 1040. The van der Waals surface area contributed by atoms with Crippen LogP contribution in [-0.2, 0) is 6.61 Å². The highest BCUT2D eigenvalue weighted by Crippen LogP contribution is 2.26. The maximum Gasteiger partial charge on any atom is 0.271 e. The molecule has 0 atom stereocenters. The molecule has 0 bridgehead atoms. The average Bonchev–Trinajstić information content (AvgIpc) is 2.73. The topological polar surface area (TPSA) is 59.9 Å². The molecule has 7 heteroatoms. The molecular formula is C22H18Cl2N2O3. The van der Waals surface area contributed by atoms with Crippen LogP contribution in [0.1, 0.15) is 21.5 Å². The van der Waals surface area contributed by atoms with Gasteiger partial charge in [-0.25, -0.2) is 5.43 Å². The summed E-state index contributed by atoms with van der Waals surface area (Å²) in [7, 11) is 1.59. The first kappa shape index (κ1) is 20.7. The summed E-state index contributed by atoms with van der Waals surface area (Å²) in [5.74, 6) is 0.917. The molecule has 1 amide bonds. The molecular weight excluding hydrogens is 411 g/mol. The summed E-state index contributed by atoms with van der Waals surface area (Å²) in [4.78, 5) is 12.1. The third-order valence-corrected chi connectivity index (χ3v) is 4.54. The van der Waals surface area contributed by atoms with Crippen molar-refractivity contribution in [3.63, 3.8) is 0 Å². The number of hydrazone groups is 1. The first-order valence-corrected chi connectivity index (χ1v) is 9.45. The molecule has 0 aliphatic rings. The van der Waals surface area contributed by atoms with Gasteiger partial charge in [0.05, 0.1) is 18.3 Å². The van der Waals surface area contributed by atoms with E-state index in [0.717, 1.165) is 11.1 Å². The number of hydrogen-bond acceptors (Lipinski definition) is 4. The number of para-hydroxylation sites is 1. The Morgan fingerprint density at radius 1 is 1.03 bits per heavy atom. The molecule has 3 aromatic rings. The van der Waals surface area contributed by atoms with E-state index in [9.17, 15) is 4.79 Å². The number of nitrogens with zero attached hydrogens (tertiary/aromatic N) is 1. The molecule has 0 aliphatic carbocycles. The summed E-state index contributed by atoms with van der Waals surface area (Å²) in [6.45, 7) is 0.267. The van der Waals surface area contributed by atoms with E-state index < -0.39 is 0 Å². The van der Waals surface area contributed by atoms with Gasteiger partial charge in [-0.15, -0.1) is 0 Å². The highest BCUT2D eigenvalue weighted by Gasteiger charge is 2.08. The lowest BCUT2D eigenvalue weighted by Crippen LogP contribution is -2.17. The van der Waals surface area contributed by atoms with Crippen molar-refractivity contribution in [1.82, 2.24) is 5.43 Å². The summed E-state index contributed by atoms with van der Waals surface area (Å²) >= 11 is 12.0. The fraction of sp³-hybridized carbons (Fsp3) is 0.0909. The number of amides is 1. The van der Waals surface area contributed by atoms with Crippen LogP contribution < -0.4 is 14.9 Å². The molecule has 0 fully saturated rings. The van der Waals surface area contributed by atoms with Gasteiger partial charge in [0.25, 0.3) is 5.91 Å². The van der Waals surface area contributed by atoms with Gasteiger partial charge in [-0.1, -0.05) is 41.4 Å². The fourth-order valence-corrected chi connectivity index (χ4v) is 2.95. The van der Waals surface area contributed by atoms with Crippen molar-refractivity contribution in [1.29, 1.82) is 0 Å². The zero-order chi connectivity index (χ0) is 20.6. The first-order chi connectivity index (χ1) is 14.1. The Hall–Kier alpha value is -3.02. The number of carbonyl (C=O) groups excluding carboxylic acids is 1. The number of methoxy groups -OCH3 is 1. The van der Waals surface area contributed by atoms with Crippen LogP contribution in [0.15, 0.2) is 71.8 Å². The maximum atomic E-state index is 12.1. The molecule has 0 aromatic heterocycles. The summed E-state index contributed by atoms with van der Waals surface area (Å²) in [5, 5.41) is 5.03. The van der Waals surface area contributed by atoms with Gasteiger partial charge in [-0.05, 0) is 54.1 Å². The van der Waals surface area contributed by atoms with Crippen LogP contribution >= 0.6 is 23.2 Å². The normalized spacial score (nSPS) is 10.7. The number of benzene rings is 3. The van der Waals surface area contributed by atoms with Gasteiger partial charge >= 0.3 is 0 Å². The number of halogens is 2. The van der Waals surface area contributed by atoms with Crippen molar-refractivity contribution < 1.29 is 14.3 Å². The van der Waals surface area contributed by atoms with Crippen molar-refractivity contribution >= 4 is 35.3 Å². The largest absolute Gasteiger partial charge is 0.496 e. The molecule has 0 radical (unpaired) electrons. The summed E-state index contributed by atoms with van der Waals surface area (Å²) in [6.07, 6.45) is 1.54. The van der Waals surface area contributed by atoms with Crippen LogP contribution in [0.25, 0.3) is 0 Å². The minimum absolute atomic E-state index is 0.267. The van der Waals surface area contributed by atoms with Gasteiger partial charge in [0.15, 0.2) is 0 Å². The predicted molar refractivity (Wildman–Crippen MR) is 115 cm³/mol. The Labute approximate surface area is 178 Å². The van der Waals surface area contributed by atoms with Gasteiger partial charge in [-0.2, -0.15) is 5.10 Å². The zero-order valence-corrected chi connectivity index (χ0v) is 17.1. The smallest absolute Gasteiger partial charge is 0.271 e. The average molecular weight is 429 g/mol. The van der Waals surface area contributed by atoms with Crippen molar-refractivity contribution in [2.45, 2.75) is 6.61 Å². The van der Waals surface area contributed by atoms with Crippen LogP contribution in [0, 0.1) is 0 Å². The van der Waals surface area contributed by atoms with E-state index in [-0.39, 0.29) is 12.5 Å². The molecule has 0 heterocycles. The van der Waals surface area contributed by atoms with Crippen LogP contribution in [-0.4, -0.2) is 19.2 Å². The SMILES string of the molecule is COc1ccc(/C=N\NC(=O)c2cccc(Cl)c2)cc1COc1ccccc1Cl. The lowest BCUT2D eigenvalue weighted by Gasteiger charge is -2.12. The van der Waals surface area contributed by atoms with E-state index in [1.807, 2.05) is 30.3 Å². The standard InChI is InChI=1S/C22H18Cl2N2O3/c1-28-20-10-9-15(11-17(20)14-29-21-8-3-2-7-19(21)24)13-25-26-22(27)16-5-4-6-18(23)12-16/h2-13H,14H2,1H3,(H,26,27)/b25-13-. The number of hydrogen-bond donors (Lipinski definition) is 1. The zero-order valence-electron chi connectivity index (χ0n) is 15.6. The van der Waals surface area contributed by atoms with Gasteiger partial charge in [0, 0.05) is 16.1 Å². The van der Waals surface area contributed by atoms with Gasteiger partial charge in [-0.3, -0.25) is 4.79 Å². The molecule has 0 aliphatic heterocycles. The van der Waals surface area contributed by atoms with Gasteiger partial charge < -0.3 is 9.47 Å². The Balaban J connectivity index is 1.68. The Morgan fingerprint density at radius 3 is 2.62 bits per heavy atom. The molecule has 3 rings (SSSR count). The molecule has 0 spiro atoms. The molecule has 29 heavy (non-hydrogen) atoms. The highest BCUT2D eigenvalue weighted by molar-refractivity contribution is 6.32. The van der Waals surface area contributed by atoms with E-state index >= 15 is 0 Å². The lowest BCUT2D eigenvalue weighted by atomic mass is 10.1. The second-order valence-corrected chi connectivity index (χ2v) is 6.84. The van der Waals surface area contributed by atoms with Gasteiger partial charge in [0.2, 0.25) is 0 Å². The van der Waals surface area contributed by atoms with Crippen molar-refractivity contribution in [3.8, 4) is 11.5 Å². The minimum atomic E-state index is -0.348. The van der Waals surface area contributed by atoms with E-state index in [0.29, 0.717) is 27.1 Å². The second kappa shape index (κ2) is 9.96. The second-order valence-electron chi connectivity index (χ2n) is 6.00. The third-order valence-electron chi connectivity index (χ3n) is 3.99. The van der Waals surface area contributed by atoms with Crippen LogP contribution in [0.5, 0.6) is 11.5 Å². The number of ether oxygens (including phenoxy) is 2. The molecule has 0 saturated heterocycles. The van der Waals surface area contributed by atoms with E-state index in [4.69, 9.17) is 32.7 Å². The predicted octanol–water partition coefficient (Wildman–Crippen LogP) is 5.34. The molecule has 148 valence electrons. The van der Waals surface area contributed by atoms with E-state index in [1.165, 1.54) is 0 Å². The molecule has 3 aromatic carbocycles. The third kappa shape index (κ3) is 5.73. The van der Waals surface area contributed by atoms with Crippen LogP contribution in [0.3, 0.4) is 0 Å². The summed E-state index contributed by atoms with van der Waals surface area (Å²) in [5.41, 5.74) is 4.50. The first-order valence-electron chi connectivity index (χ1n) is 8.70. The van der Waals surface area contributed by atoms with Crippen molar-refractivity contribution in [2.75, 3.05) is 7.11 Å². The monoisotopic (exact) mass is 428 g/mol. The van der Waals surface area contributed by atoms with Crippen molar-refractivity contribution in [3.05, 3.63) is 93.5 Å². The Morgan fingerprint density at radius 2 is 1.86 bits per heavy atom. The number of carbonyl (C=O) groups is 1. The molecule has 1 N–H and O–H groups in total. The summed E-state index contributed by atoms with van der Waals surface area (Å²) < 4.78 is 11.2. The molecule has 0 saturated carbocycles. The van der Waals surface area contributed by atoms with Gasteiger partial charge in [0.1, 0.15) is 18.1 Å². The minimum Gasteiger partial charge on any atom is -0.496 e. The lowest BCUT2D eigenvalue weighted by molar-refractivity contribution is 0.0955. The van der Waals surface area contributed by atoms with Crippen LogP contribution in [0.2, 0.25) is 10.0 Å². The number of nitrogens with one attached hydrogen (secondary N) is 1. The highest BCUT2D eigenvalue weighted by atomic mass is 35.5. The van der Waals surface area contributed by atoms with E-state index in [1.54, 1.807) is 49.7 Å². The maximum absolute atomic E-state index is 12.1. The van der Waals surface area contributed by atoms with Crippen LogP contribution in [0.4, 0.5) is 0 Å². The van der Waals surface area contributed by atoms with E-state index in [2.05, 4.69) is 10.5 Å². The quantitative estimate of drug-likeness (QED) is 0.407. The van der Waals surface area contributed by atoms with Crippen molar-refractivity contribution in [2.24, 2.45) is 5.10 Å². The fourth-order valence-electron chi connectivity index (χ4n) is 2.57.